The molecule has 1 fully saturated rings. The largest absolute Gasteiger partial charge is 0.493 e. The van der Waals surface area contributed by atoms with E-state index in [9.17, 15) is 9.59 Å². The summed E-state index contributed by atoms with van der Waals surface area (Å²) in [4.78, 5) is 25.5. The topological polar surface area (TPSA) is 92.6 Å². The Morgan fingerprint density at radius 1 is 1.11 bits per heavy atom. The summed E-state index contributed by atoms with van der Waals surface area (Å²) < 4.78 is 8.05. The molecule has 1 aromatic heterocycles. The molecule has 1 aliphatic heterocycles. The van der Waals surface area contributed by atoms with Gasteiger partial charge in [0, 0.05) is 47.2 Å². The fraction of sp³-hybridized carbons (Fsp3) is 0.484. The highest BCUT2D eigenvalue weighted by atomic mass is 16.5. The Morgan fingerprint density at radius 3 is 2.66 bits per heavy atom. The second kappa shape index (κ2) is 10.4. The van der Waals surface area contributed by atoms with E-state index in [1.165, 1.54) is 11.3 Å². The van der Waals surface area contributed by atoms with Crippen LogP contribution in [0.15, 0.2) is 42.5 Å². The number of aromatic nitrogens is 1. The van der Waals surface area contributed by atoms with E-state index < -0.39 is 5.41 Å². The average Bonchev–Trinajstić information content (AvgIpc) is 3.63. The standard InChI is InChI=1S/C31H39N3O4/c1-30(2,3)27-20-22-19-24(9-10-25(22)34(27)15-4-7-28(36)32-14-16-35)33-29(37)31(12-13-31)23-8-11-26-21(18-23)6-5-17-38-26/h8-11,18-20,35H,4-7,12-17H2,1-3H3,(H,32,36)(H,33,37). The summed E-state index contributed by atoms with van der Waals surface area (Å²) >= 11 is 0. The Morgan fingerprint density at radius 2 is 1.92 bits per heavy atom. The van der Waals surface area contributed by atoms with Crippen molar-refractivity contribution in [3.63, 3.8) is 0 Å². The van der Waals surface area contributed by atoms with E-state index in [0.29, 0.717) is 12.8 Å². The van der Waals surface area contributed by atoms with Crippen LogP contribution in [0, 0.1) is 0 Å². The SMILES string of the molecule is CC(C)(C)c1cc2cc(NC(=O)C3(c4ccc5c(c4)CCCO5)CC3)ccc2n1CCCC(=O)NCCO. The third-order valence-electron chi connectivity index (χ3n) is 7.79. The number of rotatable bonds is 9. The van der Waals surface area contributed by atoms with Crippen molar-refractivity contribution in [3.05, 3.63) is 59.3 Å². The average molecular weight is 518 g/mol. The lowest BCUT2D eigenvalue weighted by Crippen LogP contribution is -2.28. The van der Waals surface area contributed by atoms with Gasteiger partial charge < -0.3 is 25.0 Å². The van der Waals surface area contributed by atoms with Gasteiger partial charge in [-0.3, -0.25) is 9.59 Å². The van der Waals surface area contributed by atoms with Gasteiger partial charge in [-0.25, -0.2) is 0 Å². The molecule has 0 radical (unpaired) electrons. The maximum atomic E-state index is 13.5. The zero-order valence-corrected chi connectivity index (χ0v) is 22.7. The van der Waals surface area contributed by atoms with E-state index in [4.69, 9.17) is 9.84 Å². The highest BCUT2D eigenvalue weighted by molar-refractivity contribution is 6.02. The highest BCUT2D eigenvalue weighted by Gasteiger charge is 2.51. The van der Waals surface area contributed by atoms with Crippen LogP contribution in [-0.4, -0.2) is 41.2 Å². The summed E-state index contributed by atoms with van der Waals surface area (Å²) in [6, 6.07) is 14.6. The first-order valence-corrected chi connectivity index (χ1v) is 13.8. The number of aliphatic hydroxyl groups is 1. The van der Waals surface area contributed by atoms with E-state index in [-0.39, 0.29) is 30.4 Å². The van der Waals surface area contributed by atoms with Gasteiger partial charge in [0.05, 0.1) is 18.6 Å². The van der Waals surface area contributed by atoms with Crippen molar-refractivity contribution in [2.45, 2.75) is 76.7 Å². The molecule has 7 heteroatoms. The molecule has 0 atom stereocenters. The molecule has 1 aliphatic carbocycles. The molecule has 2 heterocycles. The maximum Gasteiger partial charge on any atom is 0.235 e. The Balaban J connectivity index is 1.34. The number of ether oxygens (including phenoxy) is 1. The van der Waals surface area contributed by atoms with Gasteiger partial charge >= 0.3 is 0 Å². The molecule has 2 aliphatic rings. The smallest absolute Gasteiger partial charge is 0.235 e. The van der Waals surface area contributed by atoms with Crippen LogP contribution in [0.1, 0.15) is 69.7 Å². The van der Waals surface area contributed by atoms with E-state index >= 15 is 0 Å². The third-order valence-corrected chi connectivity index (χ3v) is 7.79. The number of hydrogen-bond donors (Lipinski definition) is 3. The van der Waals surface area contributed by atoms with Gasteiger partial charge in [0.25, 0.3) is 0 Å². The van der Waals surface area contributed by atoms with E-state index in [2.05, 4.69) is 66.3 Å². The Kier molecular flexibility index (Phi) is 7.23. The summed E-state index contributed by atoms with van der Waals surface area (Å²) in [6.07, 6.45) is 4.85. The second-order valence-corrected chi connectivity index (χ2v) is 11.7. The van der Waals surface area contributed by atoms with Crippen LogP contribution in [-0.2, 0) is 33.4 Å². The minimum atomic E-state index is -0.458. The number of amides is 2. The number of benzene rings is 2. The number of nitrogens with one attached hydrogen (secondary N) is 2. The lowest BCUT2D eigenvalue weighted by Gasteiger charge is -2.22. The van der Waals surface area contributed by atoms with Gasteiger partial charge in [-0.15, -0.1) is 0 Å². The predicted molar refractivity (Wildman–Crippen MR) is 150 cm³/mol. The number of carbonyl (C=O) groups excluding carboxylic acids is 2. The number of carbonyl (C=O) groups is 2. The van der Waals surface area contributed by atoms with Gasteiger partial charge in [-0.2, -0.15) is 0 Å². The summed E-state index contributed by atoms with van der Waals surface area (Å²) in [7, 11) is 0. The summed E-state index contributed by atoms with van der Waals surface area (Å²) in [5.74, 6) is 0.961. The summed E-state index contributed by atoms with van der Waals surface area (Å²) in [6.45, 7) is 8.29. The van der Waals surface area contributed by atoms with Crippen LogP contribution < -0.4 is 15.4 Å². The molecule has 1 saturated carbocycles. The molecule has 3 aromatic rings. The van der Waals surface area contributed by atoms with Gasteiger partial charge in [0.15, 0.2) is 0 Å². The zero-order valence-electron chi connectivity index (χ0n) is 22.7. The first-order chi connectivity index (χ1) is 18.2. The molecule has 3 N–H and O–H groups in total. The molecular formula is C31H39N3O4. The van der Waals surface area contributed by atoms with Crippen molar-refractivity contribution in [1.29, 1.82) is 0 Å². The number of aryl methyl sites for hydroxylation is 2. The van der Waals surface area contributed by atoms with Crippen molar-refractivity contribution in [2.24, 2.45) is 0 Å². The molecule has 38 heavy (non-hydrogen) atoms. The Labute approximate surface area is 224 Å². The van der Waals surface area contributed by atoms with Crippen molar-refractivity contribution < 1.29 is 19.4 Å². The molecule has 5 rings (SSSR count). The van der Waals surface area contributed by atoms with Crippen molar-refractivity contribution in [1.82, 2.24) is 9.88 Å². The zero-order chi connectivity index (χ0) is 26.9. The van der Waals surface area contributed by atoms with Crippen LogP contribution in [0.25, 0.3) is 10.9 Å². The molecule has 0 bridgehead atoms. The lowest BCUT2D eigenvalue weighted by atomic mass is 9.91. The van der Waals surface area contributed by atoms with Crippen LogP contribution in [0.2, 0.25) is 0 Å². The molecular weight excluding hydrogens is 478 g/mol. The summed E-state index contributed by atoms with van der Waals surface area (Å²) in [5, 5.41) is 15.9. The van der Waals surface area contributed by atoms with Gasteiger partial charge in [-0.05, 0) is 73.6 Å². The number of aliphatic hydroxyl groups excluding tert-OH is 1. The van der Waals surface area contributed by atoms with E-state index in [0.717, 1.165) is 66.7 Å². The van der Waals surface area contributed by atoms with Gasteiger partial charge in [-0.1, -0.05) is 32.9 Å². The number of anilines is 1. The molecule has 0 spiro atoms. The van der Waals surface area contributed by atoms with Gasteiger partial charge in [0.2, 0.25) is 11.8 Å². The molecule has 2 aromatic carbocycles. The second-order valence-electron chi connectivity index (χ2n) is 11.7. The molecule has 2 amide bonds. The molecule has 202 valence electrons. The number of fused-ring (bicyclic) bond motifs is 2. The Hall–Kier alpha value is -3.32. The molecule has 7 nitrogen and oxygen atoms in total. The monoisotopic (exact) mass is 517 g/mol. The van der Waals surface area contributed by atoms with Gasteiger partial charge in [0.1, 0.15) is 5.75 Å². The number of nitrogens with zero attached hydrogens (tertiary/aromatic N) is 1. The maximum absolute atomic E-state index is 13.5. The van der Waals surface area contributed by atoms with E-state index in [1.54, 1.807) is 0 Å². The van der Waals surface area contributed by atoms with Crippen molar-refractivity contribution >= 4 is 28.4 Å². The minimum Gasteiger partial charge on any atom is -0.493 e. The first-order valence-electron chi connectivity index (χ1n) is 13.8. The van der Waals surface area contributed by atoms with Crippen LogP contribution in [0.5, 0.6) is 5.75 Å². The highest BCUT2D eigenvalue weighted by Crippen LogP contribution is 2.50. The van der Waals surface area contributed by atoms with E-state index in [1.807, 2.05) is 12.1 Å². The van der Waals surface area contributed by atoms with Crippen LogP contribution in [0.3, 0.4) is 0 Å². The van der Waals surface area contributed by atoms with Crippen molar-refractivity contribution in [2.75, 3.05) is 25.1 Å². The Bertz CT molecular complexity index is 1350. The summed E-state index contributed by atoms with van der Waals surface area (Å²) in [5.41, 5.74) is 4.86. The normalized spacial score (nSPS) is 16.0. The molecule has 0 unspecified atom stereocenters. The molecule has 0 saturated heterocycles. The van der Waals surface area contributed by atoms with Crippen LogP contribution >= 0.6 is 0 Å². The lowest BCUT2D eigenvalue weighted by molar-refractivity contribution is -0.121. The van der Waals surface area contributed by atoms with Crippen molar-refractivity contribution in [3.8, 4) is 5.75 Å². The first kappa shape index (κ1) is 26.3. The third kappa shape index (κ3) is 5.30. The van der Waals surface area contributed by atoms with Crippen LogP contribution in [0.4, 0.5) is 5.69 Å². The fourth-order valence-electron chi connectivity index (χ4n) is 5.57. The quantitative estimate of drug-likeness (QED) is 0.379. The predicted octanol–water partition coefficient (Wildman–Crippen LogP) is 4.82. The minimum absolute atomic E-state index is 0.0433. The fourth-order valence-corrected chi connectivity index (χ4v) is 5.57. The number of hydrogen-bond acceptors (Lipinski definition) is 4.